The number of carbonyl (C=O) groups excluding carboxylic acids is 8. The Balaban J connectivity index is 1.12. The molecule has 4 aliphatic heterocycles. The molecule has 1 unspecified atom stereocenters. The molecule has 320 valence electrons. The minimum Gasteiger partial charge on any atom is -0.466 e. The lowest BCUT2D eigenvalue weighted by Crippen LogP contribution is -2.71. The van der Waals surface area contributed by atoms with Crippen LogP contribution in [0.2, 0.25) is 0 Å². The van der Waals surface area contributed by atoms with Gasteiger partial charge < -0.3 is 44.1 Å². The average Bonchev–Trinajstić information content (AvgIpc) is 3.53. The summed E-state index contributed by atoms with van der Waals surface area (Å²) in [5, 5.41) is 3.85. The molecule has 19 nitrogen and oxygen atoms in total. The standard InChI is InChI=1S/C39H42N4O15S2/c1-19(15-26(45)54-6)40-27(20-11-9-8-10-12-20)31(46)41-28-32(47)43-29(38(2,3)59-33(28)43)36(50)57-18-56-35(49)22-14-13-21(34(48)55-7)16-23(22)58-37(51)30-39(4,5)60(52,53)25-17-24(44)42(25)30/h8-16,25,27-30,33,40H,17-18H2,1-7H3,(H,41,46)/t25-,27?,28-,29+,30+,33-/m1/s1. The molecule has 0 bridgehead atoms. The van der Waals surface area contributed by atoms with Crippen LogP contribution in [0.3, 0.4) is 0 Å². The van der Waals surface area contributed by atoms with Gasteiger partial charge in [-0.2, -0.15) is 0 Å². The molecule has 6 rings (SSSR count). The van der Waals surface area contributed by atoms with Crippen LogP contribution in [-0.4, -0.2) is 125 Å². The third-order valence-corrected chi connectivity index (χ3v) is 15.1. The number of rotatable bonds is 13. The van der Waals surface area contributed by atoms with Crippen LogP contribution in [0.25, 0.3) is 0 Å². The number of hydrogen-bond donors (Lipinski definition) is 2. The SMILES string of the molecule is COC(=O)C=C(C)NC(C(=O)N[C@@H]1C(=O)N2[C@@H]1SC(C)(C)[C@@H]2C(=O)OCOC(=O)c1ccc(C(=O)OC)cc1OC(=O)[C@@H]1N2C(=O)C[C@H]2S(=O)(=O)C1(C)C)c1ccccc1. The molecule has 2 N–H and O–H groups in total. The normalized spacial score (nSPS) is 24.6. The maximum atomic E-state index is 13.7. The van der Waals surface area contributed by atoms with Crippen molar-refractivity contribution in [2.24, 2.45) is 0 Å². The van der Waals surface area contributed by atoms with Gasteiger partial charge in [-0.25, -0.2) is 32.4 Å². The van der Waals surface area contributed by atoms with Gasteiger partial charge in [-0.05, 0) is 58.4 Å². The third kappa shape index (κ3) is 7.66. The van der Waals surface area contributed by atoms with Gasteiger partial charge in [0.05, 0.1) is 31.0 Å². The minimum absolute atomic E-state index is 0.152. The van der Waals surface area contributed by atoms with E-state index in [-0.39, 0.29) is 12.0 Å². The van der Waals surface area contributed by atoms with Crippen LogP contribution in [0.15, 0.2) is 60.3 Å². The van der Waals surface area contributed by atoms with E-state index in [0.717, 1.165) is 24.1 Å². The van der Waals surface area contributed by atoms with Gasteiger partial charge in [-0.3, -0.25) is 14.4 Å². The van der Waals surface area contributed by atoms with Crippen LogP contribution in [0, 0.1) is 0 Å². The van der Waals surface area contributed by atoms with Crippen molar-refractivity contribution in [3.05, 3.63) is 77.0 Å². The Hall–Kier alpha value is -5.96. The smallest absolute Gasteiger partial charge is 0.344 e. The first-order chi connectivity index (χ1) is 28.2. The first-order valence-corrected chi connectivity index (χ1v) is 20.8. The lowest BCUT2D eigenvalue weighted by atomic mass is 9.95. The molecular formula is C39H42N4O15S2. The Morgan fingerprint density at radius 1 is 0.900 bits per heavy atom. The van der Waals surface area contributed by atoms with E-state index in [4.69, 9.17) is 18.9 Å². The molecule has 4 aliphatic rings. The number of carbonyl (C=O) groups is 8. The Labute approximate surface area is 348 Å². The van der Waals surface area contributed by atoms with E-state index in [9.17, 15) is 46.8 Å². The van der Waals surface area contributed by atoms with E-state index in [1.807, 2.05) is 0 Å². The number of thioether (sulfide) groups is 1. The molecule has 0 aliphatic carbocycles. The molecule has 6 atom stereocenters. The van der Waals surface area contributed by atoms with Crippen molar-refractivity contribution in [2.75, 3.05) is 21.0 Å². The molecular weight excluding hydrogens is 829 g/mol. The summed E-state index contributed by atoms with van der Waals surface area (Å²) in [5.74, 6) is -7.06. The summed E-state index contributed by atoms with van der Waals surface area (Å²) >= 11 is 1.25. The third-order valence-electron chi connectivity index (χ3n) is 10.7. The molecule has 2 aromatic carbocycles. The molecule has 60 heavy (non-hydrogen) atoms. The summed E-state index contributed by atoms with van der Waals surface area (Å²) in [6.07, 6.45) is 0.881. The second kappa shape index (κ2) is 16.2. The molecule has 0 spiro atoms. The topological polar surface area (TPSA) is 247 Å². The number of methoxy groups -OCH3 is 2. The number of β-lactam (4-membered cyclic amide) rings is 2. The highest BCUT2D eigenvalue weighted by Gasteiger charge is 2.68. The first-order valence-electron chi connectivity index (χ1n) is 18.4. The van der Waals surface area contributed by atoms with Crippen molar-refractivity contribution < 1.29 is 70.5 Å². The second-order valence-electron chi connectivity index (χ2n) is 15.2. The summed E-state index contributed by atoms with van der Waals surface area (Å²) in [7, 11) is -1.67. The first kappa shape index (κ1) is 43.6. The van der Waals surface area contributed by atoms with Crippen molar-refractivity contribution in [1.82, 2.24) is 20.4 Å². The lowest BCUT2D eigenvalue weighted by Gasteiger charge is -2.44. The maximum absolute atomic E-state index is 13.7. The maximum Gasteiger partial charge on any atom is 0.344 e. The number of amides is 3. The van der Waals surface area contributed by atoms with Crippen LogP contribution >= 0.6 is 11.8 Å². The molecule has 4 heterocycles. The van der Waals surface area contributed by atoms with E-state index < -0.39 is 120 Å². The van der Waals surface area contributed by atoms with Gasteiger partial charge in [-0.15, -0.1) is 11.8 Å². The molecule has 3 amide bonds. The molecule has 4 saturated heterocycles. The molecule has 0 radical (unpaired) electrons. The number of esters is 5. The summed E-state index contributed by atoms with van der Waals surface area (Å²) in [5.41, 5.74) is 0.299. The summed E-state index contributed by atoms with van der Waals surface area (Å²) in [4.78, 5) is 106. The summed E-state index contributed by atoms with van der Waals surface area (Å²) in [6, 6.07) is 7.09. The fraction of sp³-hybridized carbons (Fsp3) is 0.436. The Morgan fingerprint density at radius 3 is 2.22 bits per heavy atom. The average molecular weight is 871 g/mol. The quantitative estimate of drug-likeness (QED) is 0.0715. The van der Waals surface area contributed by atoms with Crippen LogP contribution in [-0.2, 0) is 57.6 Å². The fourth-order valence-electron chi connectivity index (χ4n) is 7.51. The number of nitrogens with one attached hydrogen (secondary N) is 2. The van der Waals surface area contributed by atoms with E-state index in [1.54, 1.807) is 51.1 Å². The largest absolute Gasteiger partial charge is 0.466 e. The van der Waals surface area contributed by atoms with Crippen LogP contribution < -0.4 is 15.4 Å². The number of allylic oxidation sites excluding steroid dienone is 1. The van der Waals surface area contributed by atoms with Crippen molar-refractivity contribution in [3.8, 4) is 5.75 Å². The predicted molar refractivity (Wildman–Crippen MR) is 208 cm³/mol. The van der Waals surface area contributed by atoms with Crippen LogP contribution in [0.5, 0.6) is 5.75 Å². The van der Waals surface area contributed by atoms with Crippen LogP contribution in [0.1, 0.15) is 73.4 Å². The van der Waals surface area contributed by atoms with E-state index in [1.165, 1.54) is 49.8 Å². The highest BCUT2D eigenvalue weighted by molar-refractivity contribution is 8.01. The van der Waals surface area contributed by atoms with Gasteiger partial charge >= 0.3 is 29.8 Å². The van der Waals surface area contributed by atoms with Crippen LogP contribution in [0.4, 0.5) is 0 Å². The van der Waals surface area contributed by atoms with Crippen molar-refractivity contribution in [1.29, 1.82) is 0 Å². The molecule has 4 fully saturated rings. The number of sulfone groups is 1. The zero-order valence-corrected chi connectivity index (χ0v) is 35.0. The number of ether oxygens (including phenoxy) is 5. The van der Waals surface area contributed by atoms with Gasteiger partial charge in [0.25, 0.3) is 0 Å². The highest BCUT2D eigenvalue weighted by Crippen LogP contribution is 2.51. The Kier molecular flexibility index (Phi) is 11.8. The van der Waals surface area contributed by atoms with E-state index in [0.29, 0.717) is 11.3 Å². The Morgan fingerprint density at radius 2 is 1.58 bits per heavy atom. The second-order valence-corrected chi connectivity index (χ2v) is 19.7. The molecule has 0 saturated carbocycles. The van der Waals surface area contributed by atoms with Crippen molar-refractivity contribution >= 4 is 69.2 Å². The number of hydrogen-bond acceptors (Lipinski definition) is 17. The molecule has 2 aromatic rings. The number of benzene rings is 2. The number of fused-ring (bicyclic) bond motifs is 2. The van der Waals surface area contributed by atoms with Gasteiger partial charge in [0.15, 0.2) is 15.9 Å². The monoisotopic (exact) mass is 870 g/mol. The predicted octanol–water partition coefficient (Wildman–Crippen LogP) is 1.12. The van der Waals surface area contributed by atoms with E-state index in [2.05, 4.69) is 15.4 Å². The van der Waals surface area contributed by atoms with Crippen molar-refractivity contribution in [2.45, 2.75) is 85.4 Å². The van der Waals surface area contributed by atoms with Gasteiger partial charge in [0.1, 0.15) is 40.2 Å². The fourth-order valence-corrected chi connectivity index (χ4v) is 11.2. The van der Waals surface area contributed by atoms with E-state index >= 15 is 0 Å². The zero-order valence-electron chi connectivity index (χ0n) is 33.4. The minimum atomic E-state index is -3.98. The van der Waals surface area contributed by atoms with Gasteiger partial charge in [0, 0.05) is 16.5 Å². The molecule has 0 aromatic heterocycles. The summed E-state index contributed by atoms with van der Waals surface area (Å²) in [6.45, 7) is 6.57. The number of nitrogens with zero attached hydrogens (tertiary/aromatic N) is 2. The highest BCUT2D eigenvalue weighted by atomic mass is 32.2. The zero-order chi connectivity index (χ0) is 44.1. The van der Waals surface area contributed by atoms with Gasteiger partial charge in [-0.1, -0.05) is 30.3 Å². The lowest BCUT2D eigenvalue weighted by molar-refractivity contribution is -0.169. The van der Waals surface area contributed by atoms with Gasteiger partial charge in [0.2, 0.25) is 24.5 Å². The Bertz CT molecular complexity index is 2310. The van der Waals surface area contributed by atoms with Crippen molar-refractivity contribution in [3.63, 3.8) is 0 Å². The molecule has 21 heteroatoms. The summed E-state index contributed by atoms with van der Waals surface area (Å²) < 4.78 is 48.9.